The molecule has 0 atom stereocenters. The SMILES string of the molecule is CN(Cc1ccccc1)C(=O)c1cc([N+](=O)[O-])c(Cl)c([N+](=O)[O-])c1. The minimum absolute atomic E-state index is 0.170. The average molecular weight is 350 g/mol. The maximum Gasteiger partial charge on any atom is 0.295 e. The zero-order chi connectivity index (χ0) is 17.9. The molecule has 24 heavy (non-hydrogen) atoms. The van der Waals surface area contributed by atoms with Gasteiger partial charge in [-0.05, 0) is 5.56 Å². The Kier molecular flexibility index (Phi) is 5.10. The van der Waals surface area contributed by atoms with Crippen molar-refractivity contribution < 1.29 is 14.6 Å². The highest BCUT2D eigenvalue weighted by Gasteiger charge is 2.28. The average Bonchev–Trinajstić information content (AvgIpc) is 2.54. The minimum Gasteiger partial charge on any atom is -0.337 e. The lowest BCUT2D eigenvalue weighted by Gasteiger charge is -2.17. The van der Waals surface area contributed by atoms with Crippen molar-refractivity contribution in [3.05, 3.63) is 78.8 Å². The Morgan fingerprint density at radius 3 is 2.04 bits per heavy atom. The monoisotopic (exact) mass is 349 g/mol. The zero-order valence-corrected chi connectivity index (χ0v) is 13.3. The van der Waals surface area contributed by atoms with Gasteiger partial charge in [0.05, 0.1) is 15.4 Å². The van der Waals surface area contributed by atoms with Crippen LogP contribution in [0.25, 0.3) is 0 Å². The van der Waals surface area contributed by atoms with Gasteiger partial charge >= 0.3 is 0 Å². The highest BCUT2D eigenvalue weighted by atomic mass is 35.5. The summed E-state index contributed by atoms with van der Waals surface area (Å²) in [5, 5.41) is 21.4. The molecule has 2 rings (SSSR count). The van der Waals surface area contributed by atoms with Crippen molar-refractivity contribution in [1.29, 1.82) is 0 Å². The highest BCUT2D eigenvalue weighted by molar-refractivity contribution is 6.35. The van der Waals surface area contributed by atoms with E-state index in [0.29, 0.717) is 0 Å². The lowest BCUT2D eigenvalue weighted by atomic mass is 10.1. The van der Waals surface area contributed by atoms with Crippen LogP contribution < -0.4 is 0 Å². The smallest absolute Gasteiger partial charge is 0.295 e. The molecule has 0 bridgehead atoms. The van der Waals surface area contributed by atoms with Crippen LogP contribution in [0.4, 0.5) is 11.4 Å². The van der Waals surface area contributed by atoms with Crippen molar-refractivity contribution in [3.8, 4) is 0 Å². The van der Waals surface area contributed by atoms with Gasteiger partial charge in [-0.3, -0.25) is 25.0 Å². The number of amides is 1. The summed E-state index contributed by atoms with van der Waals surface area (Å²) in [6.45, 7) is 0.254. The summed E-state index contributed by atoms with van der Waals surface area (Å²) in [5.74, 6) is -0.582. The van der Waals surface area contributed by atoms with E-state index in [1.54, 1.807) is 0 Å². The lowest BCUT2D eigenvalue weighted by molar-refractivity contribution is -0.393. The van der Waals surface area contributed by atoms with Gasteiger partial charge < -0.3 is 4.90 Å². The second-order valence-electron chi connectivity index (χ2n) is 4.99. The molecular formula is C15H12ClN3O5. The minimum atomic E-state index is -0.858. The summed E-state index contributed by atoms with van der Waals surface area (Å²) in [6.07, 6.45) is 0. The predicted molar refractivity (Wildman–Crippen MR) is 87.0 cm³/mol. The standard InChI is InChI=1S/C15H12ClN3O5/c1-17(9-10-5-3-2-4-6-10)15(20)11-7-12(18(21)22)14(16)13(8-11)19(23)24/h2-8H,9H2,1H3. The number of carbonyl (C=O) groups excluding carboxylic acids is 1. The van der Waals surface area contributed by atoms with Crippen molar-refractivity contribution >= 4 is 28.9 Å². The van der Waals surface area contributed by atoms with Gasteiger partial charge in [-0.2, -0.15) is 0 Å². The topological polar surface area (TPSA) is 107 Å². The first-order valence-corrected chi connectivity index (χ1v) is 7.10. The Balaban J connectivity index is 2.38. The molecule has 124 valence electrons. The van der Waals surface area contributed by atoms with Crippen molar-refractivity contribution in [2.75, 3.05) is 7.05 Å². The molecule has 8 nitrogen and oxygen atoms in total. The third-order valence-electron chi connectivity index (χ3n) is 3.28. The Hall–Kier alpha value is -3.00. The van der Waals surface area contributed by atoms with Crippen molar-refractivity contribution in [2.45, 2.75) is 6.54 Å². The van der Waals surface area contributed by atoms with E-state index in [2.05, 4.69) is 0 Å². The van der Waals surface area contributed by atoms with Crippen LogP contribution in [0.1, 0.15) is 15.9 Å². The molecule has 0 aliphatic rings. The molecule has 2 aromatic carbocycles. The molecule has 0 aliphatic carbocycles. The van der Waals surface area contributed by atoms with Crippen molar-refractivity contribution in [1.82, 2.24) is 4.90 Å². The summed E-state index contributed by atoms with van der Waals surface area (Å²) >= 11 is 5.68. The normalized spacial score (nSPS) is 10.2. The number of nitro groups is 2. The molecule has 0 aliphatic heterocycles. The number of halogens is 1. The van der Waals surface area contributed by atoms with Crippen LogP contribution in [0.5, 0.6) is 0 Å². The third-order valence-corrected chi connectivity index (χ3v) is 3.67. The Bertz CT molecular complexity index is 775. The molecule has 1 amide bonds. The highest BCUT2D eigenvalue weighted by Crippen LogP contribution is 2.35. The van der Waals surface area contributed by atoms with Gasteiger partial charge in [-0.1, -0.05) is 41.9 Å². The van der Waals surface area contributed by atoms with Crippen LogP contribution >= 0.6 is 11.6 Å². The maximum absolute atomic E-state index is 12.4. The van der Waals surface area contributed by atoms with E-state index in [0.717, 1.165) is 17.7 Å². The molecule has 2 aromatic rings. The summed E-state index contributed by atoms with van der Waals surface area (Å²) in [4.78, 5) is 34.1. The number of hydrogen-bond donors (Lipinski definition) is 0. The number of carbonyl (C=O) groups is 1. The molecule has 0 heterocycles. The van der Waals surface area contributed by atoms with Crippen LogP contribution in [0.3, 0.4) is 0 Å². The van der Waals surface area contributed by atoms with Crippen LogP contribution in [0.15, 0.2) is 42.5 Å². The zero-order valence-electron chi connectivity index (χ0n) is 12.5. The van der Waals surface area contributed by atoms with Gasteiger partial charge in [0.2, 0.25) is 0 Å². The van der Waals surface area contributed by atoms with Crippen LogP contribution in [-0.4, -0.2) is 27.7 Å². The largest absolute Gasteiger partial charge is 0.337 e. The molecule has 0 saturated carbocycles. The molecule has 0 saturated heterocycles. The first-order chi connectivity index (χ1) is 11.3. The van der Waals surface area contributed by atoms with Gasteiger partial charge in [0.15, 0.2) is 5.02 Å². The van der Waals surface area contributed by atoms with Gasteiger partial charge in [-0.15, -0.1) is 0 Å². The van der Waals surface area contributed by atoms with Crippen LogP contribution in [0, 0.1) is 20.2 Å². The molecule has 9 heteroatoms. The fraction of sp³-hybridized carbons (Fsp3) is 0.133. The van der Waals surface area contributed by atoms with Crippen molar-refractivity contribution in [2.24, 2.45) is 0 Å². The van der Waals surface area contributed by atoms with Crippen molar-refractivity contribution in [3.63, 3.8) is 0 Å². The molecular weight excluding hydrogens is 338 g/mol. The fourth-order valence-electron chi connectivity index (χ4n) is 2.13. The first kappa shape index (κ1) is 17.4. The van der Waals surface area contributed by atoms with Gasteiger partial charge in [0, 0.05) is 25.7 Å². The number of nitrogens with zero attached hydrogens (tertiary/aromatic N) is 3. The molecule has 0 spiro atoms. The van der Waals surface area contributed by atoms with Gasteiger partial charge in [0.1, 0.15) is 0 Å². The lowest BCUT2D eigenvalue weighted by Crippen LogP contribution is -2.26. The Morgan fingerprint density at radius 2 is 1.58 bits per heavy atom. The Labute approximate surface area is 141 Å². The number of benzene rings is 2. The maximum atomic E-state index is 12.4. The summed E-state index contributed by atoms with van der Waals surface area (Å²) in [5.41, 5.74) is -0.674. The quantitative estimate of drug-likeness (QED) is 0.607. The molecule has 0 fully saturated rings. The predicted octanol–water partition coefficient (Wildman–Crippen LogP) is 3.43. The van der Waals surface area contributed by atoms with Crippen LogP contribution in [0.2, 0.25) is 5.02 Å². The first-order valence-electron chi connectivity index (χ1n) is 6.73. The molecule has 0 unspecified atom stereocenters. The summed E-state index contributed by atoms with van der Waals surface area (Å²) in [6, 6.07) is 11.0. The van der Waals surface area contributed by atoms with Crippen LogP contribution in [-0.2, 0) is 6.54 Å². The van der Waals surface area contributed by atoms with Gasteiger partial charge in [0.25, 0.3) is 17.3 Å². The second-order valence-corrected chi connectivity index (χ2v) is 5.37. The van der Waals surface area contributed by atoms with E-state index in [1.165, 1.54) is 11.9 Å². The second kappa shape index (κ2) is 7.05. The van der Waals surface area contributed by atoms with E-state index in [4.69, 9.17) is 11.6 Å². The number of hydrogen-bond acceptors (Lipinski definition) is 5. The van der Waals surface area contributed by atoms with E-state index in [9.17, 15) is 25.0 Å². The molecule has 0 aromatic heterocycles. The molecule has 0 N–H and O–H groups in total. The van der Waals surface area contributed by atoms with E-state index in [-0.39, 0.29) is 12.1 Å². The summed E-state index contributed by atoms with van der Waals surface area (Å²) in [7, 11) is 1.50. The third kappa shape index (κ3) is 3.66. The van der Waals surface area contributed by atoms with Gasteiger partial charge in [-0.25, -0.2) is 0 Å². The molecule has 0 radical (unpaired) electrons. The van der Waals surface area contributed by atoms with E-state index in [1.807, 2.05) is 30.3 Å². The number of rotatable bonds is 5. The van der Waals surface area contributed by atoms with E-state index >= 15 is 0 Å². The summed E-state index contributed by atoms with van der Waals surface area (Å²) < 4.78 is 0. The fourth-order valence-corrected chi connectivity index (χ4v) is 2.38. The number of nitro benzene ring substituents is 2. The Morgan fingerprint density at radius 1 is 1.08 bits per heavy atom. The van der Waals surface area contributed by atoms with E-state index < -0.39 is 32.2 Å².